The summed E-state index contributed by atoms with van der Waals surface area (Å²) in [5.41, 5.74) is 1.33. The number of amides is 3. The van der Waals surface area contributed by atoms with Gasteiger partial charge in [-0.15, -0.1) is 0 Å². The second-order valence-electron chi connectivity index (χ2n) is 6.55. The zero-order chi connectivity index (χ0) is 21.1. The van der Waals surface area contributed by atoms with Crippen molar-refractivity contribution in [3.8, 4) is 0 Å². The van der Waals surface area contributed by atoms with Gasteiger partial charge in [-0.25, -0.2) is 4.79 Å². The number of imide groups is 1. The average Bonchev–Trinajstić information content (AvgIpc) is 3.00. The van der Waals surface area contributed by atoms with Crippen LogP contribution in [0.15, 0.2) is 74.8 Å². The molecule has 2 heterocycles. The van der Waals surface area contributed by atoms with Crippen LogP contribution in [0.2, 0.25) is 0 Å². The molecule has 8 heteroatoms. The van der Waals surface area contributed by atoms with Crippen molar-refractivity contribution in [1.29, 1.82) is 0 Å². The molecule has 0 aliphatic carbocycles. The van der Waals surface area contributed by atoms with Gasteiger partial charge in [-0.2, -0.15) is 0 Å². The molecule has 7 nitrogen and oxygen atoms in total. The van der Waals surface area contributed by atoms with Crippen LogP contribution in [0.5, 0.6) is 0 Å². The summed E-state index contributed by atoms with van der Waals surface area (Å²) in [6, 6.07) is 17.1. The van der Waals surface area contributed by atoms with Crippen molar-refractivity contribution >= 4 is 51.5 Å². The quantitative estimate of drug-likeness (QED) is 0.497. The molecule has 30 heavy (non-hydrogen) atoms. The monoisotopic (exact) mass is 420 g/mol. The van der Waals surface area contributed by atoms with Gasteiger partial charge in [0.15, 0.2) is 0 Å². The van der Waals surface area contributed by atoms with Crippen LogP contribution in [0.4, 0.5) is 10.5 Å². The van der Waals surface area contributed by atoms with Gasteiger partial charge in [0.25, 0.3) is 11.1 Å². The molecular weight excluding hydrogens is 404 g/mol. The first-order valence-electron chi connectivity index (χ1n) is 9.14. The summed E-state index contributed by atoms with van der Waals surface area (Å²) in [5, 5.41) is 3.00. The minimum Gasteiger partial charge on any atom is -0.423 e. The van der Waals surface area contributed by atoms with E-state index in [0.29, 0.717) is 21.6 Å². The fourth-order valence-corrected chi connectivity index (χ4v) is 3.84. The lowest BCUT2D eigenvalue weighted by atomic mass is 10.2. The molecule has 4 rings (SSSR count). The van der Waals surface area contributed by atoms with Crippen molar-refractivity contribution in [3.05, 3.63) is 81.6 Å². The summed E-state index contributed by atoms with van der Waals surface area (Å²) in [7, 11) is 0. The van der Waals surface area contributed by atoms with E-state index in [9.17, 15) is 19.2 Å². The molecule has 150 valence electrons. The first-order chi connectivity index (χ1) is 14.5. The predicted molar refractivity (Wildman–Crippen MR) is 115 cm³/mol. The Labute approximate surface area is 175 Å². The topological polar surface area (TPSA) is 96.7 Å². The molecule has 1 saturated heterocycles. The molecule has 1 aromatic heterocycles. The summed E-state index contributed by atoms with van der Waals surface area (Å²) in [6.07, 6.45) is 1.64. The highest BCUT2D eigenvalue weighted by atomic mass is 32.2. The molecule has 1 N–H and O–H groups in total. The van der Waals surface area contributed by atoms with Crippen LogP contribution >= 0.6 is 11.8 Å². The van der Waals surface area contributed by atoms with E-state index in [1.165, 1.54) is 6.07 Å². The summed E-state index contributed by atoms with van der Waals surface area (Å²) < 4.78 is 5.06. The van der Waals surface area contributed by atoms with Crippen LogP contribution in [-0.2, 0) is 9.59 Å². The Morgan fingerprint density at radius 2 is 1.83 bits per heavy atom. The Kier molecular flexibility index (Phi) is 5.49. The van der Waals surface area contributed by atoms with Crippen molar-refractivity contribution in [2.45, 2.75) is 6.42 Å². The number of benzene rings is 2. The van der Waals surface area contributed by atoms with E-state index >= 15 is 0 Å². The maximum Gasteiger partial charge on any atom is 0.336 e. The predicted octanol–water partition coefficient (Wildman–Crippen LogP) is 3.86. The molecule has 1 fully saturated rings. The van der Waals surface area contributed by atoms with Gasteiger partial charge in [0.1, 0.15) is 5.58 Å². The number of nitrogens with one attached hydrogen (secondary N) is 1. The Morgan fingerprint density at radius 1 is 1.03 bits per heavy atom. The molecule has 0 unspecified atom stereocenters. The van der Waals surface area contributed by atoms with Crippen molar-refractivity contribution in [1.82, 2.24) is 4.90 Å². The van der Waals surface area contributed by atoms with Crippen LogP contribution in [0.1, 0.15) is 12.0 Å². The minimum atomic E-state index is -0.446. The van der Waals surface area contributed by atoms with Gasteiger partial charge < -0.3 is 9.73 Å². The lowest BCUT2D eigenvalue weighted by Crippen LogP contribution is -2.31. The fourth-order valence-electron chi connectivity index (χ4n) is 2.98. The van der Waals surface area contributed by atoms with Crippen LogP contribution in [0.3, 0.4) is 0 Å². The number of anilines is 1. The number of thioether (sulfide) groups is 1. The highest BCUT2D eigenvalue weighted by Gasteiger charge is 2.35. The van der Waals surface area contributed by atoms with E-state index in [0.717, 1.165) is 22.2 Å². The standard InChI is InChI=1S/C22H16N2O5S/c25-19(23-16-7-8-17-15(13-16)6-9-20(26)29-17)10-11-24-21(27)18(30-22(24)28)12-14-4-2-1-3-5-14/h1-9,12-13H,10-11H2,(H,23,25)/b18-12-. The molecule has 3 amide bonds. The Balaban J connectivity index is 1.38. The van der Waals surface area contributed by atoms with E-state index in [4.69, 9.17) is 4.42 Å². The van der Waals surface area contributed by atoms with Gasteiger partial charge in [-0.3, -0.25) is 19.3 Å². The molecule has 0 bridgehead atoms. The second-order valence-corrected chi connectivity index (χ2v) is 7.54. The Hall–Kier alpha value is -3.65. The van der Waals surface area contributed by atoms with Crippen LogP contribution in [0, 0.1) is 0 Å². The number of rotatable bonds is 5. The Morgan fingerprint density at radius 3 is 2.63 bits per heavy atom. The first kappa shape index (κ1) is 19.7. The third-order valence-electron chi connectivity index (χ3n) is 4.44. The van der Waals surface area contributed by atoms with Crippen molar-refractivity contribution < 1.29 is 18.8 Å². The lowest BCUT2D eigenvalue weighted by molar-refractivity contribution is -0.123. The zero-order valence-corrected chi connectivity index (χ0v) is 16.5. The molecule has 1 aliphatic heterocycles. The van der Waals surface area contributed by atoms with Gasteiger partial charge in [-0.1, -0.05) is 30.3 Å². The third kappa shape index (κ3) is 4.33. The number of carbonyl (C=O) groups is 3. The van der Waals surface area contributed by atoms with Crippen molar-refractivity contribution in [2.75, 3.05) is 11.9 Å². The highest BCUT2D eigenvalue weighted by Crippen LogP contribution is 2.32. The molecule has 3 aromatic rings. The SMILES string of the molecule is O=C(CCN1C(=O)S/C(=C\c2ccccc2)C1=O)Nc1ccc2oc(=O)ccc2c1. The van der Waals surface area contributed by atoms with Gasteiger partial charge in [0.05, 0.1) is 4.91 Å². The lowest BCUT2D eigenvalue weighted by Gasteiger charge is -2.12. The van der Waals surface area contributed by atoms with Crippen LogP contribution in [-0.4, -0.2) is 28.5 Å². The third-order valence-corrected chi connectivity index (χ3v) is 5.34. The molecule has 0 radical (unpaired) electrons. The Bertz CT molecular complexity index is 1230. The van der Waals surface area contributed by atoms with Gasteiger partial charge >= 0.3 is 5.63 Å². The normalized spacial score (nSPS) is 15.2. The number of nitrogens with zero attached hydrogens (tertiary/aromatic N) is 1. The van der Waals surface area contributed by atoms with E-state index in [-0.39, 0.29) is 18.9 Å². The van der Waals surface area contributed by atoms with Crippen molar-refractivity contribution in [3.63, 3.8) is 0 Å². The van der Waals surface area contributed by atoms with Gasteiger partial charge in [0.2, 0.25) is 5.91 Å². The number of hydrogen-bond donors (Lipinski definition) is 1. The molecular formula is C22H16N2O5S. The second kappa shape index (κ2) is 8.38. The fraction of sp³-hybridized carbons (Fsp3) is 0.0909. The number of hydrogen-bond acceptors (Lipinski definition) is 6. The van der Waals surface area contributed by atoms with Crippen LogP contribution in [0.25, 0.3) is 17.0 Å². The summed E-state index contributed by atoms with van der Waals surface area (Å²) in [6.45, 7) is -0.00884. The summed E-state index contributed by atoms with van der Waals surface area (Å²) in [5.74, 6) is -0.736. The van der Waals surface area contributed by atoms with E-state index in [1.54, 1.807) is 30.3 Å². The smallest absolute Gasteiger partial charge is 0.336 e. The summed E-state index contributed by atoms with van der Waals surface area (Å²) >= 11 is 0.866. The summed E-state index contributed by atoms with van der Waals surface area (Å²) in [4.78, 5) is 49.6. The maximum atomic E-state index is 12.5. The first-order valence-corrected chi connectivity index (χ1v) is 9.95. The number of fused-ring (bicyclic) bond motifs is 1. The van der Waals surface area contributed by atoms with Crippen LogP contribution < -0.4 is 10.9 Å². The maximum absolute atomic E-state index is 12.5. The van der Waals surface area contributed by atoms with Gasteiger partial charge in [-0.05, 0) is 47.7 Å². The average molecular weight is 420 g/mol. The zero-order valence-electron chi connectivity index (χ0n) is 15.7. The van der Waals surface area contributed by atoms with E-state index < -0.39 is 16.8 Å². The molecule has 0 spiro atoms. The van der Waals surface area contributed by atoms with E-state index in [2.05, 4.69) is 5.32 Å². The highest BCUT2D eigenvalue weighted by molar-refractivity contribution is 8.18. The number of carbonyl (C=O) groups excluding carboxylic acids is 3. The molecule has 1 aliphatic rings. The molecule has 2 aromatic carbocycles. The molecule has 0 saturated carbocycles. The molecule has 0 atom stereocenters. The van der Waals surface area contributed by atoms with E-state index in [1.807, 2.05) is 30.3 Å². The van der Waals surface area contributed by atoms with Crippen molar-refractivity contribution in [2.24, 2.45) is 0 Å². The minimum absolute atomic E-state index is 0.00884. The largest absolute Gasteiger partial charge is 0.423 e. The van der Waals surface area contributed by atoms with Gasteiger partial charge in [0, 0.05) is 30.1 Å².